The number of hydrogen-bond donors (Lipinski definition) is 0. The van der Waals surface area contributed by atoms with Crippen LogP contribution in [-0.4, -0.2) is 32.5 Å². The van der Waals surface area contributed by atoms with Crippen molar-refractivity contribution in [3.8, 4) is 0 Å². The van der Waals surface area contributed by atoms with Crippen molar-refractivity contribution in [2.24, 2.45) is 7.05 Å². The number of likely N-dealkylation sites (tertiary alicyclic amines) is 1. The summed E-state index contributed by atoms with van der Waals surface area (Å²) in [4.78, 5) is 11.4. The molecule has 1 aliphatic heterocycles. The normalized spacial score (nSPS) is 20.2. The lowest BCUT2D eigenvalue weighted by molar-refractivity contribution is 0.195. The van der Waals surface area contributed by atoms with Crippen molar-refractivity contribution in [1.29, 1.82) is 0 Å². The molecule has 106 valence electrons. The number of aryl methyl sites for hydroxylation is 2. The van der Waals surface area contributed by atoms with Crippen molar-refractivity contribution in [1.82, 2.24) is 19.4 Å². The summed E-state index contributed by atoms with van der Waals surface area (Å²) in [6, 6.07) is 4.17. The van der Waals surface area contributed by atoms with Gasteiger partial charge in [-0.05, 0) is 37.9 Å². The number of pyridine rings is 1. The third-order valence-corrected chi connectivity index (χ3v) is 4.03. The highest BCUT2D eigenvalue weighted by Gasteiger charge is 2.24. The Kier molecular flexibility index (Phi) is 3.83. The van der Waals surface area contributed by atoms with Gasteiger partial charge in [-0.15, -0.1) is 0 Å². The molecule has 0 saturated carbocycles. The van der Waals surface area contributed by atoms with Crippen LogP contribution in [0.15, 0.2) is 30.7 Å². The highest BCUT2D eigenvalue weighted by Crippen LogP contribution is 2.26. The van der Waals surface area contributed by atoms with E-state index < -0.39 is 0 Å². The predicted octanol–water partition coefficient (Wildman–Crippen LogP) is 2.50. The molecule has 4 nitrogen and oxygen atoms in total. The number of nitrogens with zero attached hydrogens (tertiary/aromatic N) is 4. The standard InChI is InChI=1S/C16H22N4/c1-13-10-19(2)16(18-13)15-6-4-8-20(12-15)11-14-5-3-7-17-9-14/h3,5,7,9-10,15H,4,6,8,11-12H2,1-2H3. The molecule has 3 rings (SSSR count). The van der Waals surface area contributed by atoms with E-state index in [4.69, 9.17) is 4.98 Å². The molecule has 3 heterocycles. The van der Waals surface area contributed by atoms with E-state index in [1.807, 2.05) is 18.5 Å². The van der Waals surface area contributed by atoms with E-state index >= 15 is 0 Å². The quantitative estimate of drug-likeness (QED) is 0.859. The van der Waals surface area contributed by atoms with Crippen molar-refractivity contribution < 1.29 is 0 Å². The van der Waals surface area contributed by atoms with Crippen LogP contribution in [0.4, 0.5) is 0 Å². The molecule has 2 aromatic heterocycles. The van der Waals surface area contributed by atoms with E-state index in [1.54, 1.807) is 0 Å². The summed E-state index contributed by atoms with van der Waals surface area (Å²) in [5.41, 5.74) is 2.41. The number of imidazole rings is 1. The zero-order chi connectivity index (χ0) is 13.9. The molecular weight excluding hydrogens is 248 g/mol. The van der Waals surface area contributed by atoms with Crippen molar-refractivity contribution in [3.63, 3.8) is 0 Å². The van der Waals surface area contributed by atoms with Gasteiger partial charge in [0.25, 0.3) is 0 Å². The monoisotopic (exact) mass is 270 g/mol. The first-order valence-electron chi connectivity index (χ1n) is 7.33. The zero-order valence-corrected chi connectivity index (χ0v) is 12.3. The summed E-state index contributed by atoms with van der Waals surface area (Å²) in [5, 5.41) is 0. The van der Waals surface area contributed by atoms with Gasteiger partial charge in [-0.1, -0.05) is 6.07 Å². The SMILES string of the molecule is Cc1cn(C)c(C2CCCN(Cc3cccnc3)C2)n1. The maximum absolute atomic E-state index is 4.70. The van der Waals surface area contributed by atoms with Crippen molar-refractivity contribution in [2.45, 2.75) is 32.2 Å². The van der Waals surface area contributed by atoms with E-state index in [-0.39, 0.29) is 0 Å². The molecule has 1 saturated heterocycles. The fourth-order valence-electron chi connectivity index (χ4n) is 3.17. The molecule has 2 aromatic rings. The molecular formula is C16H22N4. The molecule has 1 fully saturated rings. The first-order chi connectivity index (χ1) is 9.72. The molecule has 4 heteroatoms. The Bertz CT molecular complexity index is 561. The fourth-order valence-corrected chi connectivity index (χ4v) is 3.17. The van der Waals surface area contributed by atoms with Gasteiger partial charge in [0.1, 0.15) is 5.82 Å². The Morgan fingerprint density at radius 1 is 1.40 bits per heavy atom. The van der Waals surface area contributed by atoms with Crippen molar-refractivity contribution in [2.75, 3.05) is 13.1 Å². The minimum Gasteiger partial charge on any atom is -0.337 e. The molecule has 0 aliphatic carbocycles. The summed E-state index contributed by atoms with van der Waals surface area (Å²) in [6.45, 7) is 5.33. The summed E-state index contributed by atoms with van der Waals surface area (Å²) in [5.74, 6) is 1.79. The van der Waals surface area contributed by atoms with Crippen molar-refractivity contribution in [3.05, 3.63) is 47.8 Å². The van der Waals surface area contributed by atoms with Crippen LogP contribution in [0.25, 0.3) is 0 Å². The van der Waals surface area contributed by atoms with Gasteiger partial charge in [-0.3, -0.25) is 9.88 Å². The molecule has 0 amide bonds. The molecule has 20 heavy (non-hydrogen) atoms. The molecule has 0 N–H and O–H groups in total. The summed E-state index contributed by atoms with van der Waals surface area (Å²) in [7, 11) is 2.11. The maximum Gasteiger partial charge on any atom is 0.113 e. The first kappa shape index (κ1) is 13.3. The number of piperidine rings is 1. The second kappa shape index (κ2) is 5.75. The Morgan fingerprint density at radius 3 is 3.00 bits per heavy atom. The van der Waals surface area contributed by atoms with Crippen LogP contribution >= 0.6 is 0 Å². The average molecular weight is 270 g/mol. The molecule has 1 unspecified atom stereocenters. The lowest BCUT2D eigenvalue weighted by Crippen LogP contribution is -2.34. The zero-order valence-electron chi connectivity index (χ0n) is 12.3. The van der Waals surface area contributed by atoms with Crippen molar-refractivity contribution >= 4 is 0 Å². The van der Waals surface area contributed by atoms with E-state index in [0.29, 0.717) is 5.92 Å². The van der Waals surface area contributed by atoms with Crippen LogP contribution in [0, 0.1) is 6.92 Å². The number of hydrogen-bond acceptors (Lipinski definition) is 3. The average Bonchev–Trinajstić information content (AvgIpc) is 2.79. The van der Waals surface area contributed by atoms with Crippen LogP contribution in [0.1, 0.15) is 35.8 Å². The van der Waals surface area contributed by atoms with Gasteiger partial charge < -0.3 is 4.57 Å². The third kappa shape index (κ3) is 2.90. The van der Waals surface area contributed by atoms with Gasteiger partial charge in [0.15, 0.2) is 0 Å². The second-order valence-electron chi connectivity index (χ2n) is 5.79. The van der Waals surface area contributed by atoms with Crippen LogP contribution in [0.2, 0.25) is 0 Å². The second-order valence-corrected chi connectivity index (χ2v) is 5.79. The fraction of sp³-hybridized carbons (Fsp3) is 0.500. The molecule has 0 radical (unpaired) electrons. The number of rotatable bonds is 3. The van der Waals surface area contributed by atoms with Gasteiger partial charge in [0, 0.05) is 44.6 Å². The Hall–Kier alpha value is -1.68. The minimum atomic E-state index is 0.555. The van der Waals surface area contributed by atoms with Gasteiger partial charge in [0.2, 0.25) is 0 Å². The van der Waals surface area contributed by atoms with Gasteiger partial charge in [0.05, 0.1) is 5.69 Å². The Balaban J connectivity index is 1.69. The molecule has 0 aromatic carbocycles. The van der Waals surface area contributed by atoms with Crippen LogP contribution in [-0.2, 0) is 13.6 Å². The Labute approximate surface area is 120 Å². The molecule has 1 aliphatic rings. The predicted molar refractivity (Wildman–Crippen MR) is 79.4 cm³/mol. The smallest absolute Gasteiger partial charge is 0.113 e. The topological polar surface area (TPSA) is 34.0 Å². The first-order valence-corrected chi connectivity index (χ1v) is 7.33. The number of aromatic nitrogens is 3. The van der Waals surface area contributed by atoms with E-state index in [1.165, 1.54) is 30.8 Å². The lowest BCUT2D eigenvalue weighted by atomic mass is 9.97. The van der Waals surface area contributed by atoms with Gasteiger partial charge >= 0.3 is 0 Å². The highest BCUT2D eigenvalue weighted by atomic mass is 15.1. The molecule has 0 bridgehead atoms. The molecule has 1 atom stereocenters. The minimum absolute atomic E-state index is 0.555. The summed E-state index contributed by atoms with van der Waals surface area (Å²) >= 11 is 0. The van der Waals surface area contributed by atoms with Crippen LogP contribution in [0.3, 0.4) is 0 Å². The van der Waals surface area contributed by atoms with Gasteiger partial charge in [-0.2, -0.15) is 0 Å². The summed E-state index contributed by atoms with van der Waals surface area (Å²) in [6.07, 6.45) is 8.41. The third-order valence-electron chi connectivity index (χ3n) is 4.03. The van der Waals surface area contributed by atoms with Crippen LogP contribution in [0.5, 0.6) is 0 Å². The summed E-state index contributed by atoms with van der Waals surface area (Å²) < 4.78 is 2.19. The van der Waals surface area contributed by atoms with E-state index in [2.05, 4.69) is 40.7 Å². The lowest BCUT2D eigenvalue weighted by Gasteiger charge is -2.32. The van der Waals surface area contributed by atoms with Crippen LogP contribution < -0.4 is 0 Å². The maximum atomic E-state index is 4.70. The largest absolute Gasteiger partial charge is 0.337 e. The molecule has 0 spiro atoms. The highest BCUT2D eigenvalue weighted by molar-refractivity contribution is 5.11. The van der Waals surface area contributed by atoms with E-state index in [0.717, 1.165) is 18.8 Å². The van der Waals surface area contributed by atoms with E-state index in [9.17, 15) is 0 Å². The Morgan fingerprint density at radius 2 is 2.30 bits per heavy atom. The van der Waals surface area contributed by atoms with Gasteiger partial charge in [-0.25, -0.2) is 4.98 Å².